The third-order valence-corrected chi connectivity index (χ3v) is 4.40. The zero-order valence-electron chi connectivity index (χ0n) is 6.55. The maximum Gasteiger partial charge on any atom is 0.0711 e. The normalized spacial score (nSPS) is 11.0. The van der Waals surface area contributed by atoms with Crippen molar-refractivity contribution >= 4 is 65.9 Å². The number of rotatable bonds is 1. The molecule has 0 saturated heterocycles. The number of hydrogen-bond acceptors (Lipinski definition) is 2. The fourth-order valence-electron chi connectivity index (χ4n) is 1.22. The number of fused-ring (bicyclic) bond motifs is 1. The second kappa shape index (κ2) is 3.93. The number of alkyl halides is 1. The van der Waals surface area contributed by atoms with Crippen molar-refractivity contribution in [3.05, 3.63) is 27.5 Å². The van der Waals surface area contributed by atoms with E-state index >= 15 is 0 Å². The molecule has 0 aliphatic carbocycles. The summed E-state index contributed by atoms with van der Waals surface area (Å²) in [7, 11) is 0. The number of thiophene rings is 1. The van der Waals surface area contributed by atoms with Crippen LogP contribution in [0.2, 0.25) is 0 Å². The van der Waals surface area contributed by atoms with Crippen LogP contribution in [0.4, 0.5) is 0 Å². The number of hydrogen-bond donors (Lipinski definition) is 1. The van der Waals surface area contributed by atoms with E-state index in [1.165, 1.54) is 15.6 Å². The van der Waals surface area contributed by atoms with Gasteiger partial charge in [-0.3, -0.25) is 0 Å². The Morgan fingerprint density at radius 1 is 1.31 bits per heavy atom. The number of benzene rings is 1. The molecule has 0 fully saturated rings. The van der Waals surface area contributed by atoms with Crippen LogP contribution >= 0.6 is 55.8 Å². The van der Waals surface area contributed by atoms with Gasteiger partial charge in [0.25, 0.3) is 0 Å². The lowest BCUT2D eigenvalue weighted by molar-refractivity contribution is 1.41. The molecular weight excluding hydrogens is 332 g/mol. The SMILES string of the molecule is Sc1cc(CBr)cc2sc(Br)cc12. The van der Waals surface area contributed by atoms with Gasteiger partial charge in [-0.25, -0.2) is 0 Å². The minimum atomic E-state index is 0.881. The topological polar surface area (TPSA) is 0 Å². The third kappa shape index (κ3) is 1.96. The van der Waals surface area contributed by atoms with Gasteiger partial charge in [0, 0.05) is 20.3 Å². The highest BCUT2D eigenvalue weighted by Gasteiger charge is 2.04. The molecule has 1 heterocycles. The van der Waals surface area contributed by atoms with Crippen LogP contribution in [0.15, 0.2) is 26.9 Å². The lowest BCUT2D eigenvalue weighted by Gasteiger charge is -1.98. The summed E-state index contributed by atoms with van der Waals surface area (Å²) >= 11 is 13.1. The van der Waals surface area contributed by atoms with Crippen LogP contribution in [-0.2, 0) is 5.33 Å². The third-order valence-electron chi connectivity index (χ3n) is 1.80. The van der Waals surface area contributed by atoms with Crippen LogP contribution in [0.25, 0.3) is 10.1 Å². The molecule has 0 nitrogen and oxygen atoms in total. The maximum absolute atomic E-state index is 4.45. The summed E-state index contributed by atoms with van der Waals surface area (Å²) in [4.78, 5) is 1.05. The number of halogens is 2. The molecule has 0 atom stereocenters. The summed E-state index contributed by atoms with van der Waals surface area (Å²) in [5, 5.41) is 2.11. The molecule has 0 amide bonds. The predicted molar refractivity (Wildman–Crippen MR) is 69.4 cm³/mol. The first kappa shape index (κ1) is 10.0. The van der Waals surface area contributed by atoms with Gasteiger partial charge >= 0.3 is 0 Å². The molecule has 4 heteroatoms. The molecule has 0 aliphatic heterocycles. The van der Waals surface area contributed by atoms with E-state index in [2.05, 4.69) is 62.7 Å². The highest BCUT2D eigenvalue weighted by Crippen LogP contribution is 2.34. The van der Waals surface area contributed by atoms with Crippen LogP contribution in [0, 0.1) is 0 Å². The molecule has 13 heavy (non-hydrogen) atoms. The molecule has 0 saturated carbocycles. The van der Waals surface area contributed by atoms with Crippen molar-refractivity contribution in [3.8, 4) is 0 Å². The Kier molecular flexibility index (Phi) is 3.03. The molecule has 0 radical (unpaired) electrons. The predicted octanol–water partition coefficient (Wildman–Crippen LogP) is 4.85. The molecule has 68 valence electrons. The Morgan fingerprint density at radius 3 is 2.77 bits per heavy atom. The fourth-order valence-corrected chi connectivity index (χ4v) is 3.60. The molecule has 0 N–H and O–H groups in total. The summed E-state index contributed by atoms with van der Waals surface area (Å²) in [6, 6.07) is 6.40. The van der Waals surface area contributed by atoms with Crippen molar-refractivity contribution in [1.82, 2.24) is 0 Å². The van der Waals surface area contributed by atoms with E-state index in [0.29, 0.717) is 0 Å². The van der Waals surface area contributed by atoms with Crippen molar-refractivity contribution in [3.63, 3.8) is 0 Å². The Balaban J connectivity index is 2.75. The van der Waals surface area contributed by atoms with Gasteiger partial charge in [0.05, 0.1) is 3.79 Å². The van der Waals surface area contributed by atoms with E-state index in [1.807, 2.05) is 0 Å². The van der Waals surface area contributed by atoms with E-state index < -0.39 is 0 Å². The molecular formula is C9H6Br2S2. The summed E-state index contributed by atoms with van der Waals surface area (Å²) < 4.78 is 2.44. The Labute approximate surface area is 103 Å². The van der Waals surface area contributed by atoms with Crippen molar-refractivity contribution in [2.24, 2.45) is 0 Å². The van der Waals surface area contributed by atoms with E-state index in [0.717, 1.165) is 14.0 Å². The van der Waals surface area contributed by atoms with E-state index in [9.17, 15) is 0 Å². The minimum absolute atomic E-state index is 0.881. The fraction of sp³-hybridized carbons (Fsp3) is 0.111. The summed E-state index contributed by atoms with van der Waals surface area (Å²) in [6.07, 6.45) is 0. The van der Waals surface area contributed by atoms with Gasteiger partial charge in [0.1, 0.15) is 0 Å². The van der Waals surface area contributed by atoms with Gasteiger partial charge in [0.2, 0.25) is 0 Å². The second-order valence-corrected chi connectivity index (χ2v) is 6.22. The average molecular weight is 338 g/mol. The first-order chi connectivity index (χ1) is 6.20. The average Bonchev–Trinajstić information content (AvgIpc) is 2.46. The standard InChI is InChI=1S/C9H6Br2S2/c10-4-5-1-7(12)6-3-9(11)13-8(6)2-5/h1-3,12H,4H2. The summed E-state index contributed by atoms with van der Waals surface area (Å²) in [5.41, 5.74) is 1.27. The quantitative estimate of drug-likeness (QED) is 0.558. The highest BCUT2D eigenvalue weighted by atomic mass is 79.9. The lowest BCUT2D eigenvalue weighted by atomic mass is 10.2. The zero-order chi connectivity index (χ0) is 9.42. The molecule has 2 rings (SSSR count). The first-order valence-electron chi connectivity index (χ1n) is 3.67. The molecule has 2 aromatic rings. The van der Waals surface area contributed by atoms with Gasteiger partial charge in [0.15, 0.2) is 0 Å². The van der Waals surface area contributed by atoms with Gasteiger partial charge in [-0.15, -0.1) is 24.0 Å². The van der Waals surface area contributed by atoms with Gasteiger partial charge in [-0.2, -0.15) is 0 Å². The smallest absolute Gasteiger partial charge is 0.0711 e. The van der Waals surface area contributed by atoms with Crippen LogP contribution in [0.5, 0.6) is 0 Å². The largest absolute Gasteiger partial charge is 0.143 e. The molecule has 0 spiro atoms. The molecule has 0 aliphatic rings. The van der Waals surface area contributed by atoms with E-state index in [4.69, 9.17) is 0 Å². The summed E-state index contributed by atoms with van der Waals surface area (Å²) in [5.74, 6) is 0. The molecule has 1 aromatic heterocycles. The first-order valence-corrected chi connectivity index (χ1v) is 6.85. The van der Waals surface area contributed by atoms with Crippen LogP contribution < -0.4 is 0 Å². The van der Waals surface area contributed by atoms with E-state index in [-0.39, 0.29) is 0 Å². The second-order valence-electron chi connectivity index (χ2n) is 2.71. The van der Waals surface area contributed by atoms with Gasteiger partial charge in [-0.05, 0) is 39.7 Å². The molecule has 0 bridgehead atoms. The zero-order valence-corrected chi connectivity index (χ0v) is 11.4. The van der Waals surface area contributed by atoms with Crippen LogP contribution in [0.3, 0.4) is 0 Å². The van der Waals surface area contributed by atoms with Crippen molar-refractivity contribution in [2.45, 2.75) is 10.2 Å². The molecule has 1 aromatic carbocycles. The Hall–Kier alpha value is 0.490. The van der Waals surface area contributed by atoms with E-state index in [1.54, 1.807) is 11.3 Å². The van der Waals surface area contributed by atoms with Crippen LogP contribution in [-0.4, -0.2) is 0 Å². The Morgan fingerprint density at radius 2 is 2.08 bits per heavy atom. The van der Waals surface area contributed by atoms with Crippen LogP contribution in [0.1, 0.15) is 5.56 Å². The lowest BCUT2D eigenvalue weighted by Crippen LogP contribution is -1.76. The monoisotopic (exact) mass is 336 g/mol. The number of thiol groups is 1. The molecule has 0 unspecified atom stereocenters. The minimum Gasteiger partial charge on any atom is -0.143 e. The van der Waals surface area contributed by atoms with Crippen molar-refractivity contribution in [1.29, 1.82) is 0 Å². The van der Waals surface area contributed by atoms with Crippen molar-refractivity contribution in [2.75, 3.05) is 0 Å². The Bertz CT molecular complexity index is 448. The van der Waals surface area contributed by atoms with Gasteiger partial charge in [-0.1, -0.05) is 15.9 Å². The maximum atomic E-state index is 4.45. The van der Waals surface area contributed by atoms with Crippen molar-refractivity contribution < 1.29 is 0 Å². The summed E-state index contributed by atoms with van der Waals surface area (Å²) in [6.45, 7) is 0. The highest BCUT2D eigenvalue weighted by molar-refractivity contribution is 9.11. The van der Waals surface area contributed by atoms with Gasteiger partial charge < -0.3 is 0 Å².